The molecule has 1 aliphatic carbocycles. The summed E-state index contributed by atoms with van der Waals surface area (Å²) >= 11 is 0. The lowest BCUT2D eigenvalue weighted by Crippen LogP contribution is -2.26. The molecule has 2 heterocycles. The van der Waals surface area contributed by atoms with E-state index in [1.807, 2.05) is 10.9 Å². The van der Waals surface area contributed by atoms with Crippen LogP contribution in [0.15, 0.2) is 35.1 Å². The first-order valence-electron chi connectivity index (χ1n) is 7.36. The molecule has 0 spiro atoms. The van der Waals surface area contributed by atoms with E-state index in [1.165, 1.54) is 30.2 Å². The van der Waals surface area contributed by atoms with Gasteiger partial charge in [-0.05, 0) is 49.5 Å². The Morgan fingerprint density at radius 2 is 2.33 bits per heavy atom. The molecule has 1 aliphatic rings. The van der Waals surface area contributed by atoms with Crippen LogP contribution in [0.4, 0.5) is 0 Å². The highest BCUT2D eigenvalue weighted by Crippen LogP contribution is 2.20. The van der Waals surface area contributed by atoms with Crippen molar-refractivity contribution < 1.29 is 9.21 Å². The molecule has 0 radical (unpaired) electrons. The molecule has 1 N–H and O–H groups in total. The van der Waals surface area contributed by atoms with Gasteiger partial charge in [-0.1, -0.05) is 0 Å². The molecule has 0 saturated heterocycles. The van der Waals surface area contributed by atoms with Gasteiger partial charge < -0.3 is 9.73 Å². The average molecular weight is 285 g/mol. The zero-order valence-electron chi connectivity index (χ0n) is 11.9. The van der Waals surface area contributed by atoms with E-state index in [2.05, 4.69) is 10.4 Å². The number of aryl methyl sites for hydroxylation is 1. The van der Waals surface area contributed by atoms with Crippen LogP contribution in [0.3, 0.4) is 0 Å². The van der Waals surface area contributed by atoms with Crippen molar-refractivity contribution in [2.45, 2.75) is 32.2 Å². The number of rotatable bonds is 5. The number of nitrogens with zero attached hydrogens (tertiary/aromatic N) is 2. The van der Waals surface area contributed by atoms with E-state index in [1.54, 1.807) is 24.5 Å². The average Bonchev–Trinajstić information content (AvgIpc) is 3.15. The van der Waals surface area contributed by atoms with Crippen molar-refractivity contribution in [2.75, 3.05) is 6.54 Å². The van der Waals surface area contributed by atoms with Gasteiger partial charge in [0.1, 0.15) is 5.76 Å². The van der Waals surface area contributed by atoms with E-state index < -0.39 is 0 Å². The zero-order chi connectivity index (χ0) is 14.5. The molecule has 0 aliphatic heterocycles. The molecule has 2 aromatic rings. The maximum atomic E-state index is 11.7. The first-order chi connectivity index (χ1) is 10.3. The highest BCUT2D eigenvalue weighted by Gasteiger charge is 2.14. The monoisotopic (exact) mass is 285 g/mol. The number of nitrogens with one attached hydrogen (secondary N) is 1. The third-order valence-corrected chi connectivity index (χ3v) is 3.71. The maximum absolute atomic E-state index is 11.7. The first-order valence-corrected chi connectivity index (χ1v) is 7.36. The minimum absolute atomic E-state index is 0.118. The third kappa shape index (κ3) is 3.42. The Balaban J connectivity index is 1.47. The Labute approximate surface area is 123 Å². The van der Waals surface area contributed by atoms with Crippen molar-refractivity contribution in [1.29, 1.82) is 0 Å². The molecule has 0 atom stereocenters. The summed E-state index contributed by atoms with van der Waals surface area (Å²) in [4.78, 5) is 11.7. The van der Waals surface area contributed by atoms with Gasteiger partial charge in [-0.3, -0.25) is 9.48 Å². The summed E-state index contributed by atoms with van der Waals surface area (Å²) in [7, 11) is 0. The normalized spacial score (nSPS) is 14.3. The molecule has 0 saturated carbocycles. The van der Waals surface area contributed by atoms with E-state index in [0.29, 0.717) is 12.3 Å². The molecule has 0 fully saturated rings. The van der Waals surface area contributed by atoms with Crippen LogP contribution < -0.4 is 5.32 Å². The van der Waals surface area contributed by atoms with Crippen LogP contribution in [-0.4, -0.2) is 22.2 Å². The standard InChI is InChI=1S/C16H19N3O2/c20-16(8-7-14-5-3-11-21-14)17-9-10-19-15-6-2-1-4-13(15)12-18-19/h3,5,7-8,11-12H,1-2,4,6,9-10H2,(H,17,20). The van der Waals surface area contributed by atoms with Gasteiger partial charge in [0, 0.05) is 18.3 Å². The van der Waals surface area contributed by atoms with Gasteiger partial charge in [0.15, 0.2) is 0 Å². The van der Waals surface area contributed by atoms with Gasteiger partial charge in [0.2, 0.25) is 5.91 Å². The van der Waals surface area contributed by atoms with Crippen molar-refractivity contribution in [1.82, 2.24) is 15.1 Å². The van der Waals surface area contributed by atoms with Crippen LogP contribution >= 0.6 is 0 Å². The van der Waals surface area contributed by atoms with Crippen LogP contribution in [0.1, 0.15) is 29.9 Å². The van der Waals surface area contributed by atoms with Crippen molar-refractivity contribution in [3.05, 3.63) is 47.7 Å². The predicted octanol–water partition coefficient (Wildman–Crippen LogP) is 2.18. The van der Waals surface area contributed by atoms with Crippen LogP contribution in [0.5, 0.6) is 0 Å². The van der Waals surface area contributed by atoms with Crippen LogP contribution in [0, 0.1) is 0 Å². The quantitative estimate of drug-likeness (QED) is 0.857. The fourth-order valence-corrected chi connectivity index (χ4v) is 2.64. The first kappa shape index (κ1) is 13.7. The number of carbonyl (C=O) groups excluding carboxylic acids is 1. The van der Waals surface area contributed by atoms with Crippen molar-refractivity contribution >= 4 is 12.0 Å². The molecule has 1 amide bonds. The molecule has 0 unspecified atom stereocenters. The number of amides is 1. The zero-order valence-corrected chi connectivity index (χ0v) is 11.9. The third-order valence-electron chi connectivity index (χ3n) is 3.71. The number of hydrogen-bond acceptors (Lipinski definition) is 3. The number of aromatic nitrogens is 2. The van der Waals surface area contributed by atoms with Gasteiger partial charge in [-0.15, -0.1) is 0 Å². The lowest BCUT2D eigenvalue weighted by molar-refractivity contribution is -0.116. The van der Waals surface area contributed by atoms with Crippen molar-refractivity contribution in [3.8, 4) is 0 Å². The second-order valence-corrected chi connectivity index (χ2v) is 5.19. The van der Waals surface area contributed by atoms with Crippen LogP contribution in [0.2, 0.25) is 0 Å². The Morgan fingerprint density at radius 3 is 3.19 bits per heavy atom. The summed E-state index contributed by atoms with van der Waals surface area (Å²) in [6, 6.07) is 3.60. The van der Waals surface area contributed by atoms with Gasteiger partial charge >= 0.3 is 0 Å². The van der Waals surface area contributed by atoms with E-state index in [4.69, 9.17) is 4.42 Å². The summed E-state index contributed by atoms with van der Waals surface area (Å²) in [5.74, 6) is 0.554. The SMILES string of the molecule is O=C(C=Cc1ccco1)NCCn1ncc2c1CCCC2. The smallest absolute Gasteiger partial charge is 0.244 e. The molecule has 3 rings (SSSR count). The molecule has 0 aromatic carbocycles. The van der Waals surface area contributed by atoms with Gasteiger partial charge in [-0.2, -0.15) is 5.10 Å². The summed E-state index contributed by atoms with van der Waals surface area (Å²) < 4.78 is 7.15. The van der Waals surface area contributed by atoms with Gasteiger partial charge in [0.05, 0.1) is 19.0 Å². The Kier molecular flexibility index (Phi) is 4.19. The molecule has 110 valence electrons. The number of fused-ring (bicyclic) bond motifs is 1. The van der Waals surface area contributed by atoms with E-state index >= 15 is 0 Å². The molecule has 2 aromatic heterocycles. The lowest BCUT2D eigenvalue weighted by Gasteiger charge is -2.13. The Hall–Kier alpha value is -2.30. The topological polar surface area (TPSA) is 60.1 Å². The number of furan rings is 1. The molecule has 5 heteroatoms. The Morgan fingerprint density at radius 1 is 1.43 bits per heavy atom. The second kappa shape index (κ2) is 6.43. The van der Waals surface area contributed by atoms with Crippen molar-refractivity contribution in [3.63, 3.8) is 0 Å². The highest BCUT2D eigenvalue weighted by molar-refractivity contribution is 5.91. The number of carbonyl (C=O) groups is 1. The molecule has 21 heavy (non-hydrogen) atoms. The largest absolute Gasteiger partial charge is 0.465 e. The maximum Gasteiger partial charge on any atom is 0.244 e. The molecule has 5 nitrogen and oxygen atoms in total. The van der Waals surface area contributed by atoms with E-state index in [-0.39, 0.29) is 5.91 Å². The molecular formula is C16H19N3O2. The summed E-state index contributed by atoms with van der Waals surface area (Å²) in [5.41, 5.74) is 2.70. The summed E-state index contributed by atoms with van der Waals surface area (Å²) in [5, 5.41) is 7.28. The second-order valence-electron chi connectivity index (χ2n) is 5.19. The van der Waals surface area contributed by atoms with Crippen molar-refractivity contribution in [2.24, 2.45) is 0 Å². The van der Waals surface area contributed by atoms with Gasteiger partial charge in [0.25, 0.3) is 0 Å². The fourth-order valence-electron chi connectivity index (χ4n) is 2.64. The summed E-state index contributed by atoms with van der Waals surface area (Å²) in [6.45, 7) is 1.30. The minimum Gasteiger partial charge on any atom is -0.465 e. The molecular weight excluding hydrogens is 266 g/mol. The fraction of sp³-hybridized carbons (Fsp3) is 0.375. The molecule has 0 bridgehead atoms. The van der Waals surface area contributed by atoms with Crippen LogP contribution in [0.25, 0.3) is 6.08 Å². The van der Waals surface area contributed by atoms with E-state index in [9.17, 15) is 4.79 Å². The highest BCUT2D eigenvalue weighted by atomic mass is 16.3. The van der Waals surface area contributed by atoms with Gasteiger partial charge in [-0.25, -0.2) is 0 Å². The number of hydrogen-bond donors (Lipinski definition) is 1. The van der Waals surface area contributed by atoms with Crippen LogP contribution in [-0.2, 0) is 24.2 Å². The summed E-state index contributed by atoms with van der Waals surface area (Å²) in [6.07, 6.45) is 11.4. The lowest BCUT2D eigenvalue weighted by atomic mass is 9.98. The van der Waals surface area contributed by atoms with E-state index in [0.717, 1.165) is 19.4 Å². The minimum atomic E-state index is -0.118. The predicted molar refractivity (Wildman–Crippen MR) is 79.6 cm³/mol. The Bertz CT molecular complexity index is 626.